The zero-order valence-corrected chi connectivity index (χ0v) is 25.9. The Morgan fingerprint density at radius 3 is 2.14 bits per heavy atom. The molecule has 4 saturated heterocycles. The Morgan fingerprint density at radius 1 is 0.884 bits per heavy atom. The topological polar surface area (TPSA) is 139 Å². The summed E-state index contributed by atoms with van der Waals surface area (Å²) in [5, 5.41) is 11.5. The summed E-state index contributed by atoms with van der Waals surface area (Å²) in [6.07, 6.45) is -8.79. The van der Waals surface area contributed by atoms with Gasteiger partial charge in [-0.3, -0.25) is 0 Å². The SMILES string of the molecule is COC(OC)[C@@H]1OC(C)(C)O[C@H]1[C@H](O[C@@H]1O[C@H](COC(=O)c2ccccc2)[C@@H]2OC(C)(C)O[C@@H]2[C@H]1O)[C@H]1COC(C)(C)O1. The second-order valence-corrected chi connectivity index (χ2v) is 12.4. The van der Waals surface area contributed by atoms with Crippen molar-refractivity contribution in [2.24, 2.45) is 0 Å². The maximum atomic E-state index is 12.7. The van der Waals surface area contributed by atoms with Gasteiger partial charge in [0.1, 0.15) is 55.4 Å². The lowest BCUT2D eigenvalue weighted by Crippen LogP contribution is -2.61. The molecule has 0 aliphatic carbocycles. The van der Waals surface area contributed by atoms with Crippen LogP contribution in [0.4, 0.5) is 0 Å². The van der Waals surface area contributed by atoms with Crippen molar-refractivity contribution in [2.45, 2.75) is 120 Å². The predicted octanol–water partition coefficient (Wildman–Crippen LogP) is 2.13. The number of ether oxygens (including phenoxy) is 11. The molecule has 1 N–H and O–H groups in total. The van der Waals surface area contributed by atoms with E-state index in [1.807, 2.05) is 6.07 Å². The molecule has 0 unspecified atom stereocenters. The van der Waals surface area contributed by atoms with Gasteiger partial charge in [0, 0.05) is 14.2 Å². The zero-order valence-electron chi connectivity index (χ0n) is 25.9. The maximum absolute atomic E-state index is 12.7. The minimum atomic E-state index is -1.28. The van der Waals surface area contributed by atoms with Crippen LogP contribution in [0, 0.1) is 0 Å². The lowest BCUT2D eigenvalue weighted by molar-refractivity contribution is -0.315. The Labute approximate surface area is 251 Å². The molecule has 5 rings (SSSR count). The van der Waals surface area contributed by atoms with Crippen molar-refractivity contribution < 1.29 is 62.0 Å². The molecule has 1 aromatic rings. The summed E-state index contributed by atoms with van der Waals surface area (Å²) in [5.41, 5.74) is 0.394. The van der Waals surface area contributed by atoms with Crippen LogP contribution in [0.2, 0.25) is 0 Å². The molecule has 13 nitrogen and oxygen atoms in total. The molecule has 43 heavy (non-hydrogen) atoms. The third-order valence-electron chi connectivity index (χ3n) is 7.75. The molecule has 4 fully saturated rings. The van der Waals surface area contributed by atoms with Crippen molar-refractivity contribution in [3.05, 3.63) is 35.9 Å². The Hall–Kier alpha value is -1.75. The number of aliphatic hydroxyl groups is 1. The third kappa shape index (κ3) is 7.23. The minimum Gasteiger partial charge on any atom is -0.459 e. The molecule has 4 aliphatic rings. The van der Waals surface area contributed by atoms with E-state index >= 15 is 0 Å². The fourth-order valence-electron chi connectivity index (χ4n) is 5.97. The Kier molecular flexibility index (Phi) is 9.54. The van der Waals surface area contributed by atoms with E-state index in [-0.39, 0.29) is 13.2 Å². The van der Waals surface area contributed by atoms with Crippen molar-refractivity contribution in [3.8, 4) is 0 Å². The van der Waals surface area contributed by atoms with Crippen LogP contribution in [-0.2, 0) is 52.1 Å². The van der Waals surface area contributed by atoms with Crippen molar-refractivity contribution in [3.63, 3.8) is 0 Å². The van der Waals surface area contributed by atoms with Crippen LogP contribution in [-0.4, -0.2) is 117 Å². The number of esters is 1. The molecule has 0 saturated carbocycles. The largest absolute Gasteiger partial charge is 0.459 e. The van der Waals surface area contributed by atoms with E-state index in [0.29, 0.717) is 5.56 Å². The van der Waals surface area contributed by atoms with Crippen LogP contribution in [0.15, 0.2) is 30.3 Å². The highest BCUT2D eigenvalue weighted by Crippen LogP contribution is 2.41. The molecule has 4 heterocycles. The summed E-state index contributed by atoms with van der Waals surface area (Å²) >= 11 is 0. The monoisotopic (exact) mass is 612 g/mol. The Bertz CT molecular complexity index is 1090. The van der Waals surface area contributed by atoms with Gasteiger partial charge in [-0.1, -0.05) is 18.2 Å². The molecule has 1 aromatic carbocycles. The van der Waals surface area contributed by atoms with E-state index in [9.17, 15) is 9.90 Å². The number of carbonyl (C=O) groups excluding carboxylic acids is 1. The predicted molar refractivity (Wildman–Crippen MR) is 147 cm³/mol. The van der Waals surface area contributed by atoms with Gasteiger partial charge in [0.15, 0.2) is 29.9 Å². The van der Waals surface area contributed by atoms with E-state index in [2.05, 4.69) is 0 Å². The van der Waals surface area contributed by atoms with Gasteiger partial charge in [0.25, 0.3) is 0 Å². The average Bonchev–Trinajstić information content (AvgIpc) is 3.59. The fourth-order valence-corrected chi connectivity index (χ4v) is 5.97. The standard InChI is InChI=1S/C30H44O13/c1-28(2)36-15-18(39-28)20(23-24(27(33-7)34-8)43-30(5,6)42-23)38-26-19(31)22-21(40-29(3,4)41-22)17(37-26)14-35-25(32)16-12-10-9-11-13-16/h9-13,17-24,26-27,31H,14-15H2,1-8H3/t17-,18-,19-,20-,21+,22-,23+,24-,26+/m1/s1. The lowest BCUT2D eigenvalue weighted by Gasteiger charge is -2.42. The zero-order chi connectivity index (χ0) is 31.2. The van der Waals surface area contributed by atoms with Gasteiger partial charge in [-0.15, -0.1) is 0 Å². The lowest BCUT2D eigenvalue weighted by atomic mass is 9.98. The van der Waals surface area contributed by atoms with Gasteiger partial charge in [0.05, 0.1) is 12.2 Å². The summed E-state index contributed by atoms with van der Waals surface area (Å²) in [5.74, 6) is -3.45. The van der Waals surface area contributed by atoms with Crippen molar-refractivity contribution in [1.82, 2.24) is 0 Å². The van der Waals surface area contributed by atoms with Gasteiger partial charge >= 0.3 is 5.97 Å². The first-order valence-electron chi connectivity index (χ1n) is 14.5. The molecule has 0 radical (unpaired) electrons. The number of methoxy groups -OCH3 is 2. The van der Waals surface area contributed by atoms with E-state index < -0.39 is 84.7 Å². The van der Waals surface area contributed by atoms with Gasteiger partial charge < -0.3 is 57.2 Å². The summed E-state index contributed by atoms with van der Waals surface area (Å²) in [6.45, 7) is 10.6. The molecule has 0 spiro atoms. The van der Waals surface area contributed by atoms with Gasteiger partial charge in [-0.25, -0.2) is 4.79 Å². The van der Waals surface area contributed by atoms with Crippen LogP contribution in [0.1, 0.15) is 51.9 Å². The molecule has 0 amide bonds. The van der Waals surface area contributed by atoms with Gasteiger partial charge in [0.2, 0.25) is 0 Å². The first-order chi connectivity index (χ1) is 20.2. The molecule has 242 valence electrons. The van der Waals surface area contributed by atoms with Gasteiger partial charge in [-0.2, -0.15) is 0 Å². The van der Waals surface area contributed by atoms with Crippen LogP contribution < -0.4 is 0 Å². The highest BCUT2D eigenvalue weighted by atomic mass is 16.8. The summed E-state index contributed by atoms with van der Waals surface area (Å²) < 4.78 is 66.3. The van der Waals surface area contributed by atoms with Crippen LogP contribution >= 0.6 is 0 Å². The summed E-state index contributed by atoms with van der Waals surface area (Å²) in [7, 11) is 3.01. The highest BCUT2D eigenvalue weighted by Gasteiger charge is 2.59. The average molecular weight is 613 g/mol. The first kappa shape index (κ1) is 32.6. The number of carbonyl (C=O) groups is 1. The van der Waals surface area contributed by atoms with E-state index in [1.165, 1.54) is 14.2 Å². The second kappa shape index (κ2) is 12.6. The molecule has 0 aromatic heterocycles. The molecular weight excluding hydrogens is 568 g/mol. The number of hydrogen-bond acceptors (Lipinski definition) is 13. The van der Waals surface area contributed by atoms with E-state index in [4.69, 9.17) is 52.1 Å². The van der Waals surface area contributed by atoms with Crippen LogP contribution in [0.3, 0.4) is 0 Å². The summed E-state index contributed by atoms with van der Waals surface area (Å²) in [4.78, 5) is 12.7. The minimum absolute atomic E-state index is 0.171. The molecule has 0 bridgehead atoms. The molecular formula is C30H44O13. The maximum Gasteiger partial charge on any atom is 0.338 e. The van der Waals surface area contributed by atoms with Crippen molar-refractivity contribution >= 4 is 5.97 Å². The van der Waals surface area contributed by atoms with E-state index in [0.717, 1.165) is 0 Å². The highest BCUT2D eigenvalue weighted by molar-refractivity contribution is 5.89. The van der Waals surface area contributed by atoms with Crippen LogP contribution in [0.5, 0.6) is 0 Å². The first-order valence-corrected chi connectivity index (χ1v) is 14.5. The second-order valence-electron chi connectivity index (χ2n) is 12.4. The number of hydrogen-bond donors (Lipinski definition) is 1. The Morgan fingerprint density at radius 2 is 1.51 bits per heavy atom. The fraction of sp³-hybridized carbons (Fsp3) is 0.767. The number of rotatable bonds is 10. The number of aliphatic hydroxyl groups excluding tert-OH is 1. The quantitative estimate of drug-likeness (QED) is 0.305. The third-order valence-corrected chi connectivity index (χ3v) is 7.75. The normalized spacial score (nSPS) is 36.9. The van der Waals surface area contributed by atoms with E-state index in [1.54, 1.807) is 65.8 Å². The molecule has 13 heteroatoms. The van der Waals surface area contributed by atoms with Crippen molar-refractivity contribution in [1.29, 1.82) is 0 Å². The number of fused-ring (bicyclic) bond motifs is 1. The summed E-state index contributed by atoms with van der Waals surface area (Å²) in [6, 6.07) is 8.62. The molecule has 4 aliphatic heterocycles. The van der Waals surface area contributed by atoms with Gasteiger partial charge in [-0.05, 0) is 53.7 Å². The van der Waals surface area contributed by atoms with Crippen LogP contribution in [0.25, 0.3) is 0 Å². The number of benzene rings is 1. The molecule has 9 atom stereocenters. The smallest absolute Gasteiger partial charge is 0.338 e. The van der Waals surface area contributed by atoms with Crippen molar-refractivity contribution in [2.75, 3.05) is 27.4 Å². The Balaban J connectivity index is 1.41.